The number of rotatable bonds is 3. The molecule has 0 aromatic heterocycles. The molecule has 1 aliphatic carbocycles. The van der Waals surface area contributed by atoms with Crippen LogP contribution in [0.1, 0.15) is 41.5 Å². The number of hydrogen-bond acceptors (Lipinski definition) is 0. The van der Waals surface area contributed by atoms with E-state index in [2.05, 4.69) is 47.6 Å². The summed E-state index contributed by atoms with van der Waals surface area (Å²) in [5.41, 5.74) is 4.71. The minimum atomic E-state index is -0.629. The van der Waals surface area contributed by atoms with E-state index in [1.165, 1.54) is 17.7 Å². The van der Waals surface area contributed by atoms with E-state index in [1.54, 1.807) is 11.1 Å². The molecule has 0 heterocycles. The van der Waals surface area contributed by atoms with Crippen LogP contribution in [0.4, 0.5) is 0 Å². The van der Waals surface area contributed by atoms with Crippen molar-refractivity contribution >= 4 is 8.80 Å². The molecule has 1 atom stereocenters. The van der Waals surface area contributed by atoms with Crippen LogP contribution < -0.4 is 0 Å². The lowest BCUT2D eigenvalue weighted by Crippen LogP contribution is -2.27. The molecule has 0 fully saturated rings. The molecule has 1 aliphatic rings. The van der Waals surface area contributed by atoms with Crippen LogP contribution in [0.2, 0.25) is 17.1 Å². The molecule has 0 spiro atoms. The van der Waals surface area contributed by atoms with Gasteiger partial charge in [0, 0.05) is 0 Å². The van der Waals surface area contributed by atoms with Crippen LogP contribution in [-0.4, -0.2) is 8.80 Å². The van der Waals surface area contributed by atoms with E-state index in [9.17, 15) is 0 Å². The minimum absolute atomic E-state index is 0.470. The predicted octanol–water partition coefficient (Wildman–Crippen LogP) is 4.31. The highest BCUT2D eigenvalue weighted by Gasteiger charge is 2.37. The maximum absolute atomic E-state index is 2.54. The van der Waals surface area contributed by atoms with Gasteiger partial charge in [0.1, 0.15) is 0 Å². The van der Waals surface area contributed by atoms with Crippen LogP contribution in [-0.2, 0) is 0 Å². The first-order valence-electron chi connectivity index (χ1n) is 5.85. The molecule has 0 saturated heterocycles. The molecule has 1 heteroatoms. The van der Waals surface area contributed by atoms with Crippen LogP contribution in [0.3, 0.4) is 0 Å². The summed E-state index contributed by atoms with van der Waals surface area (Å²) in [4.78, 5) is 0. The molecule has 0 saturated carbocycles. The van der Waals surface area contributed by atoms with Gasteiger partial charge in [0.25, 0.3) is 0 Å². The molecule has 0 nitrogen and oxygen atoms in total. The predicted molar refractivity (Wildman–Crippen MR) is 68.6 cm³/mol. The highest BCUT2D eigenvalue weighted by atomic mass is 28.3. The van der Waals surface area contributed by atoms with Gasteiger partial charge in [-0.25, -0.2) is 0 Å². The third-order valence-corrected chi connectivity index (χ3v) is 8.58. The van der Waals surface area contributed by atoms with Gasteiger partial charge in [0.15, 0.2) is 0 Å². The average Bonchev–Trinajstić information content (AvgIpc) is 2.33. The largest absolute Gasteiger partial charge is 0.0744 e. The Hall–Kier alpha value is -0.303. The first-order chi connectivity index (χ1) is 6.47. The zero-order valence-corrected chi connectivity index (χ0v) is 11.7. The highest BCUT2D eigenvalue weighted by Crippen LogP contribution is 2.50. The van der Waals surface area contributed by atoms with Gasteiger partial charge < -0.3 is 0 Å². The Morgan fingerprint density at radius 1 is 1.14 bits per heavy atom. The maximum Gasteiger partial charge on any atom is 0.0523 e. The van der Waals surface area contributed by atoms with Crippen molar-refractivity contribution in [3.63, 3.8) is 0 Å². The minimum Gasteiger partial charge on any atom is -0.0744 e. The second-order valence-corrected chi connectivity index (χ2v) is 9.10. The van der Waals surface area contributed by atoms with Gasteiger partial charge in [-0.15, -0.1) is 0 Å². The molecule has 80 valence electrons. The summed E-state index contributed by atoms with van der Waals surface area (Å²) < 4.78 is 0. The van der Waals surface area contributed by atoms with Crippen LogP contribution in [0.15, 0.2) is 22.8 Å². The van der Waals surface area contributed by atoms with Gasteiger partial charge in [-0.2, -0.15) is 0 Å². The summed E-state index contributed by atoms with van der Waals surface area (Å²) >= 11 is 0. The second kappa shape index (κ2) is 4.06. The topological polar surface area (TPSA) is 0 Å². The molecule has 0 bridgehead atoms. The SMILES string of the molecule is CC[SiH](CC)C1(C)C=C(C)C(C)=C1C. The molecule has 0 N–H and O–H groups in total. The van der Waals surface area contributed by atoms with Gasteiger partial charge in [0.05, 0.1) is 8.80 Å². The molecule has 0 amide bonds. The Kier molecular flexibility index (Phi) is 3.41. The Morgan fingerprint density at radius 3 is 1.93 bits per heavy atom. The van der Waals surface area contributed by atoms with Crippen LogP contribution >= 0.6 is 0 Å². The van der Waals surface area contributed by atoms with E-state index in [1.807, 2.05) is 0 Å². The van der Waals surface area contributed by atoms with E-state index in [0.717, 1.165) is 0 Å². The standard InChI is InChI=1S/C13H24Si/c1-7-14(8-2)13(6)9-10(3)11(4)12(13)5/h9,14H,7-8H2,1-6H3. The van der Waals surface area contributed by atoms with Gasteiger partial charge >= 0.3 is 0 Å². The zero-order valence-electron chi connectivity index (χ0n) is 10.6. The van der Waals surface area contributed by atoms with Crippen molar-refractivity contribution in [3.8, 4) is 0 Å². The molecular weight excluding hydrogens is 184 g/mol. The van der Waals surface area contributed by atoms with Crippen molar-refractivity contribution in [2.24, 2.45) is 0 Å². The Balaban J connectivity index is 3.09. The number of hydrogen-bond donors (Lipinski definition) is 0. The first-order valence-corrected chi connectivity index (χ1v) is 8.06. The first kappa shape index (κ1) is 11.8. The van der Waals surface area contributed by atoms with Crippen molar-refractivity contribution in [1.82, 2.24) is 0 Å². The fraction of sp³-hybridized carbons (Fsp3) is 0.692. The van der Waals surface area contributed by atoms with E-state index >= 15 is 0 Å². The Labute approximate surface area is 90.7 Å². The lowest BCUT2D eigenvalue weighted by atomic mass is 10.0. The Bertz CT molecular complexity index is 282. The molecule has 0 aromatic carbocycles. The van der Waals surface area contributed by atoms with Crippen molar-refractivity contribution in [3.05, 3.63) is 22.8 Å². The lowest BCUT2D eigenvalue weighted by molar-refractivity contribution is 0.853. The van der Waals surface area contributed by atoms with E-state index in [4.69, 9.17) is 0 Å². The van der Waals surface area contributed by atoms with E-state index < -0.39 is 8.80 Å². The quantitative estimate of drug-likeness (QED) is 0.606. The van der Waals surface area contributed by atoms with Gasteiger partial charge in [-0.1, -0.05) is 50.1 Å². The van der Waals surface area contributed by atoms with Crippen LogP contribution in [0, 0.1) is 0 Å². The molecule has 0 aromatic rings. The fourth-order valence-corrected chi connectivity index (χ4v) is 6.51. The van der Waals surface area contributed by atoms with Crippen molar-refractivity contribution in [2.45, 2.75) is 58.7 Å². The van der Waals surface area contributed by atoms with E-state index in [0.29, 0.717) is 5.04 Å². The van der Waals surface area contributed by atoms with Gasteiger partial charge in [0.2, 0.25) is 0 Å². The summed E-state index contributed by atoms with van der Waals surface area (Å²) in [5.74, 6) is 0. The maximum atomic E-state index is 2.54. The fourth-order valence-electron chi connectivity index (χ4n) is 2.93. The molecular formula is C13H24Si. The molecule has 0 radical (unpaired) electrons. The molecule has 14 heavy (non-hydrogen) atoms. The Morgan fingerprint density at radius 2 is 1.64 bits per heavy atom. The molecule has 1 rings (SSSR count). The normalized spacial score (nSPS) is 27.5. The highest BCUT2D eigenvalue weighted by molar-refractivity contribution is 6.63. The summed E-state index contributed by atoms with van der Waals surface area (Å²) in [6, 6.07) is 2.84. The summed E-state index contributed by atoms with van der Waals surface area (Å²) in [6.07, 6.45) is 2.54. The third-order valence-electron chi connectivity index (χ3n) is 4.31. The third kappa shape index (κ3) is 1.63. The van der Waals surface area contributed by atoms with Crippen LogP contribution in [0.25, 0.3) is 0 Å². The average molecular weight is 208 g/mol. The smallest absolute Gasteiger partial charge is 0.0523 e. The monoisotopic (exact) mass is 208 g/mol. The van der Waals surface area contributed by atoms with Gasteiger partial charge in [-0.3, -0.25) is 0 Å². The summed E-state index contributed by atoms with van der Waals surface area (Å²) in [6.45, 7) is 14.1. The summed E-state index contributed by atoms with van der Waals surface area (Å²) in [7, 11) is -0.629. The zero-order chi connectivity index (χ0) is 10.9. The second-order valence-electron chi connectivity index (χ2n) is 4.87. The van der Waals surface area contributed by atoms with Crippen LogP contribution in [0.5, 0.6) is 0 Å². The molecule has 0 aliphatic heterocycles. The summed E-state index contributed by atoms with van der Waals surface area (Å²) in [5, 5.41) is 0.470. The van der Waals surface area contributed by atoms with E-state index in [-0.39, 0.29) is 0 Å². The van der Waals surface area contributed by atoms with Crippen molar-refractivity contribution < 1.29 is 0 Å². The number of allylic oxidation sites excluding steroid dienone is 4. The van der Waals surface area contributed by atoms with Crippen molar-refractivity contribution in [2.75, 3.05) is 0 Å². The molecule has 1 unspecified atom stereocenters. The van der Waals surface area contributed by atoms with Crippen molar-refractivity contribution in [1.29, 1.82) is 0 Å². The lowest BCUT2D eigenvalue weighted by Gasteiger charge is -2.32. The van der Waals surface area contributed by atoms with Gasteiger partial charge in [-0.05, 0) is 31.4 Å².